The van der Waals surface area contributed by atoms with Crippen LogP contribution in [0.4, 0.5) is 10.5 Å². The lowest BCUT2D eigenvalue weighted by Gasteiger charge is -2.26. The zero-order valence-electron chi connectivity index (χ0n) is 10.4. The first-order chi connectivity index (χ1) is 8.54. The molecule has 0 bridgehead atoms. The molecule has 1 fully saturated rings. The van der Waals surface area contributed by atoms with Crippen molar-refractivity contribution in [3.63, 3.8) is 0 Å². The quantitative estimate of drug-likeness (QED) is 0.779. The summed E-state index contributed by atoms with van der Waals surface area (Å²) < 4.78 is 0. The second kappa shape index (κ2) is 5.37. The lowest BCUT2D eigenvalue weighted by Crippen LogP contribution is -2.41. The van der Waals surface area contributed by atoms with Crippen molar-refractivity contribution in [1.82, 2.24) is 4.90 Å². The molecule has 18 heavy (non-hydrogen) atoms. The van der Waals surface area contributed by atoms with Crippen molar-refractivity contribution in [2.24, 2.45) is 0 Å². The van der Waals surface area contributed by atoms with E-state index in [0.717, 1.165) is 5.69 Å². The lowest BCUT2D eigenvalue weighted by atomic mass is 10.2. The number of carbonyl (C=O) groups is 1. The van der Waals surface area contributed by atoms with Crippen molar-refractivity contribution in [2.45, 2.75) is 25.9 Å². The van der Waals surface area contributed by atoms with Gasteiger partial charge in [0, 0.05) is 35.2 Å². The van der Waals surface area contributed by atoms with E-state index >= 15 is 0 Å². The van der Waals surface area contributed by atoms with Crippen molar-refractivity contribution in [1.29, 1.82) is 0 Å². The van der Waals surface area contributed by atoms with E-state index in [0.29, 0.717) is 17.4 Å². The van der Waals surface area contributed by atoms with Crippen LogP contribution in [0.1, 0.15) is 13.8 Å². The number of rotatable bonds is 3. The molecule has 1 heterocycles. The van der Waals surface area contributed by atoms with Gasteiger partial charge in [-0.05, 0) is 32.0 Å². The molecule has 3 nitrogen and oxygen atoms in total. The molecule has 0 saturated carbocycles. The highest BCUT2D eigenvalue weighted by Crippen LogP contribution is 2.27. The zero-order chi connectivity index (χ0) is 13.3. The Bertz CT molecular complexity index is 452. The van der Waals surface area contributed by atoms with Crippen LogP contribution in [0.3, 0.4) is 0 Å². The molecule has 0 aromatic heterocycles. The normalized spacial score (nSPS) is 21.6. The summed E-state index contributed by atoms with van der Waals surface area (Å²) in [5.41, 5.74) is 0.837. The fraction of sp³-hybridized carbons (Fsp3) is 0.462. The summed E-state index contributed by atoms with van der Waals surface area (Å²) in [5.74, 6) is 0.444. The van der Waals surface area contributed by atoms with Crippen LogP contribution in [-0.2, 0) is 0 Å². The first-order valence-electron chi connectivity index (χ1n) is 5.96. The van der Waals surface area contributed by atoms with Crippen LogP contribution >= 0.6 is 23.2 Å². The number of hydrogen-bond acceptors (Lipinski definition) is 1. The molecule has 1 saturated heterocycles. The van der Waals surface area contributed by atoms with Crippen molar-refractivity contribution in [2.75, 3.05) is 17.3 Å². The van der Waals surface area contributed by atoms with Crippen LogP contribution < -0.4 is 4.90 Å². The number of urea groups is 1. The fourth-order valence-electron chi connectivity index (χ4n) is 2.32. The monoisotopic (exact) mass is 286 g/mol. The lowest BCUT2D eigenvalue weighted by molar-refractivity contribution is 0.193. The van der Waals surface area contributed by atoms with E-state index in [-0.39, 0.29) is 18.1 Å². The molecular weight excluding hydrogens is 271 g/mol. The molecule has 2 amide bonds. The molecule has 0 aliphatic carbocycles. The number of nitrogens with zero attached hydrogens (tertiary/aromatic N) is 2. The van der Waals surface area contributed by atoms with Gasteiger partial charge in [-0.2, -0.15) is 0 Å². The Labute approximate surface area is 117 Å². The van der Waals surface area contributed by atoms with Gasteiger partial charge in [-0.25, -0.2) is 4.79 Å². The van der Waals surface area contributed by atoms with Gasteiger partial charge in [0.1, 0.15) is 0 Å². The zero-order valence-corrected chi connectivity index (χ0v) is 11.9. The molecule has 1 aromatic carbocycles. The molecule has 1 aliphatic heterocycles. The van der Waals surface area contributed by atoms with Crippen LogP contribution in [0.15, 0.2) is 24.3 Å². The Morgan fingerprint density at radius 3 is 2.83 bits per heavy atom. The minimum Gasteiger partial charge on any atom is -0.316 e. The van der Waals surface area contributed by atoms with Gasteiger partial charge in [-0.3, -0.25) is 4.90 Å². The third-order valence-electron chi connectivity index (χ3n) is 3.19. The Balaban J connectivity index is 2.25. The predicted octanol–water partition coefficient (Wildman–Crippen LogP) is 3.60. The minimum absolute atomic E-state index is 0.00193. The summed E-state index contributed by atoms with van der Waals surface area (Å²) in [6.45, 7) is 4.66. The van der Waals surface area contributed by atoms with Crippen molar-refractivity contribution in [3.05, 3.63) is 29.3 Å². The van der Waals surface area contributed by atoms with Gasteiger partial charge in [0.05, 0.1) is 0 Å². The Kier molecular flexibility index (Phi) is 4.03. The molecular formula is C13H16Cl2N2O. The summed E-state index contributed by atoms with van der Waals surface area (Å²) in [6, 6.07) is 7.55. The van der Waals surface area contributed by atoms with Gasteiger partial charge >= 0.3 is 6.03 Å². The molecule has 1 aliphatic rings. The molecule has 0 N–H and O–H groups in total. The first kappa shape index (κ1) is 13.5. The summed E-state index contributed by atoms with van der Waals surface area (Å²) in [4.78, 5) is 16.0. The fourth-order valence-corrected chi connectivity index (χ4v) is 2.65. The number of hydrogen-bond donors (Lipinski definition) is 0. The predicted molar refractivity (Wildman–Crippen MR) is 75.7 cm³/mol. The van der Waals surface area contributed by atoms with E-state index in [1.54, 1.807) is 17.0 Å². The van der Waals surface area contributed by atoms with Crippen LogP contribution in [0.25, 0.3) is 0 Å². The first-order valence-corrected chi connectivity index (χ1v) is 6.87. The highest BCUT2D eigenvalue weighted by atomic mass is 35.5. The van der Waals surface area contributed by atoms with Crippen LogP contribution in [-0.4, -0.2) is 35.4 Å². The number of halogens is 2. The Morgan fingerprint density at radius 2 is 2.22 bits per heavy atom. The molecule has 0 radical (unpaired) electrons. The summed E-state index contributed by atoms with van der Waals surface area (Å²) in [5, 5.41) is 0.636. The Hall–Kier alpha value is -0.930. The van der Waals surface area contributed by atoms with Crippen LogP contribution in [0, 0.1) is 0 Å². The highest BCUT2D eigenvalue weighted by molar-refractivity contribution is 6.30. The van der Waals surface area contributed by atoms with E-state index in [2.05, 4.69) is 0 Å². The summed E-state index contributed by atoms with van der Waals surface area (Å²) >= 11 is 11.8. The van der Waals surface area contributed by atoms with E-state index < -0.39 is 0 Å². The minimum atomic E-state index is -0.00193. The standard InChI is InChI=1S/C13H16Cl2N2O/c1-9(7-14)17-10(2)8-16(13(17)18)12-5-3-4-11(15)6-12/h3-6,9-10H,7-8H2,1-2H3. The maximum atomic E-state index is 12.4. The molecule has 2 atom stereocenters. The van der Waals surface area contributed by atoms with E-state index in [1.165, 1.54) is 0 Å². The third-order valence-corrected chi connectivity index (χ3v) is 3.87. The molecule has 1 aromatic rings. The molecule has 5 heteroatoms. The number of carbonyl (C=O) groups excluding carboxylic acids is 1. The number of benzene rings is 1. The molecule has 2 unspecified atom stereocenters. The van der Waals surface area contributed by atoms with Gasteiger partial charge in [0.15, 0.2) is 0 Å². The van der Waals surface area contributed by atoms with Gasteiger partial charge in [-0.15, -0.1) is 11.6 Å². The average Bonchev–Trinajstić information content (AvgIpc) is 2.64. The maximum Gasteiger partial charge on any atom is 0.325 e. The number of anilines is 1. The van der Waals surface area contributed by atoms with Crippen molar-refractivity contribution in [3.8, 4) is 0 Å². The van der Waals surface area contributed by atoms with E-state index in [1.807, 2.05) is 30.9 Å². The molecule has 98 valence electrons. The average molecular weight is 287 g/mol. The van der Waals surface area contributed by atoms with Gasteiger partial charge in [-0.1, -0.05) is 17.7 Å². The number of alkyl halides is 1. The van der Waals surface area contributed by atoms with Crippen LogP contribution in [0.2, 0.25) is 5.02 Å². The van der Waals surface area contributed by atoms with E-state index in [9.17, 15) is 4.79 Å². The second-order valence-electron chi connectivity index (χ2n) is 4.63. The third kappa shape index (κ3) is 2.43. The number of amides is 2. The van der Waals surface area contributed by atoms with Gasteiger partial charge in [0.2, 0.25) is 0 Å². The summed E-state index contributed by atoms with van der Waals surface area (Å²) in [6.07, 6.45) is 0. The SMILES string of the molecule is CC(CCl)N1C(=O)N(c2cccc(Cl)c2)CC1C. The maximum absolute atomic E-state index is 12.4. The smallest absolute Gasteiger partial charge is 0.316 e. The van der Waals surface area contributed by atoms with Gasteiger partial charge in [0.25, 0.3) is 0 Å². The van der Waals surface area contributed by atoms with E-state index in [4.69, 9.17) is 23.2 Å². The molecule has 0 spiro atoms. The summed E-state index contributed by atoms with van der Waals surface area (Å²) in [7, 11) is 0. The van der Waals surface area contributed by atoms with Crippen molar-refractivity contribution < 1.29 is 4.79 Å². The highest BCUT2D eigenvalue weighted by Gasteiger charge is 2.37. The largest absolute Gasteiger partial charge is 0.325 e. The van der Waals surface area contributed by atoms with Gasteiger partial charge < -0.3 is 4.90 Å². The van der Waals surface area contributed by atoms with Crippen molar-refractivity contribution >= 4 is 34.9 Å². The molecule has 2 rings (SSSR count). The topological polar surface area (TPSA) is 23.6 Å². The van der Waals surface area contributed by atoms with Crippen LogP contribution in [0.5, 0.6) is 0 Å². The Morgan fingerprint density at radius 1 is 1.50 bits per heavy atom. The second-order valence-corrected chi connectivity index (χ2v) is 5.38.